The molecule has 0 aromatic heterocycles. The lowest BCUT2D eigenvalue weighted by Crippen LogP contribution is -2.37. The van der Waals surface area contributed by atoms with Crippen LogP contribution in [0.15, 0.2) is 64.0 Å². The van der Waals surface area contributed by atoms with Crippen LogP contribution < -0.4 is 4.31 Å². The van der Waals surface area contributed by atoms with Gasteiger partial charge >= 0.3 is 5.97 Å². The summed E-state index contributed by atoms with van der Waals surface area (Å²) in [7, 11) is -3.90. The van der Waals surface area contributed by atoms with E-state index in [1.807, 2.05) is 0 Å². The van der Waals surface area contributed by atoms with Crippen LogP contribution in [0, 0.1) is 0 Å². The number of nitrogens with zero attached hydrogens (tertiary/aromatic N) is 1. The third-order valence-electron chi connectivity index (χ3n) is 3.09. The number of ether oxygens (including phenoxy) is 1. The van der Waals surface area contributed by atoms with Crippen molar-refractivity contribution >= 4 is 37.6 Å². The zero-order chi connectivity index (χ0) is 17.7. The van der Waals surface area contributed by atoms with Gasteiger partial charge in [-0.25, -0.2) is 8.42 Å². The number of halogens is 1. The number of hydrogen-bond donors (Lipinski definition) is 0. The van der Waals surface area contributed by atoms with Gasteiger partial charge in [-0.05, 0) is 54.0 Å². The molecule has 0 N–H and O–H groups in total. The summed E-state index contributed by atoms with van der Waals surface area (Å²) in [4.78, 5) is 12.2. The Morgan fingerprint density at radius 3 is 2.25 bits per heavy atom. The lowest BCUT2D eigenvalue weighted by Gasteiger charge is -2.25. The maximum absolute atomic E-state index is 13.0. The van der Waals surface area contributed by atoms with Crippen LogP contribution in [0.1, 0.15) is 13.8 Å². The average Bonchev–Trinajstić information content (AvgIpc) is 2.53. The van der Waals surface area contributed by atoms with E-state index in [4.69, 9.17) is 4.74 Å². The fourth-order valence-corrected chi connectivity index (χ4v) is 4.16. The number of carbonyl (C=O) groups is 1. The average molecular weight is 412 g/mol. The molecule has 0 bridgehead atoms. The molecule has 0 unspecified atom stereocenters. The molecule has 0 radical (unpaired) electrons. The number of carbonyl (C=O) groups excluding carboxylic acids is 1. The third kappa shape index (κ3) is 4.36. The molecule has 24 heavy (non-hydrogen) atoms. The largest absolute Gasteiger partial charge is 0.462 e. The standard InChI is InChI=1S/C17H18BrNO4S/c1-13(2)23-17(20)12-19(16-11-7-6-10-15(16)18)24(21,22)14-8-4-3-5-9-14/h3-11,13H,12H2,1-2H3. The summed E-state index contributed by atoms with van der Waals surface area (Å²) in [5, 5.41) is 0. The van der Waals surface area contributed by atoms with Crippen LogP contribution in [-0.2, 0) is 19.6 Å². The molecule has 0 atom stereocenters. The van der Waals surface area contributed by atoms with Crippen molar-refractivity contribution in [3.63, 3.8) is 0 Å². The van der Waals surface area contributed by atoms with E-state index in [9.17, 15) is 13.2 Å². The van der Waals surface area contributed by atoms with Gasteiger partial charge in [0.25, 0.3) is 10.0 Å². The molecule has 0 aliphatic heterocycles. The zero-order valence-electron chi connectivity index (χ0n) is 13.3. The van der Waals surface area contributed by atoms with Gasteiger partial charge in [-0.1, -0.05) is 30.3 Å². The maximum Gasteiger partial charge on any atom is 0.327 e. The molecule has 0 amide bonds. The van der Waals surface area contributed by atoms with Crippen LogP contribution in [0.4, 0.5) is 5.69 Å². The summed E-state index contributed by atoms with van der Waals surface area (Å²) in [5.41, 5.74) is 0.377. The van der Waals surface area contributed by atoms with Crippen LogP contribution in [0.5, 0.6) is 0 Å². The Morgan fingerprint density at radius 1 is 1.08 bits per heavy atom. The summed E-state index contributed by atoms with van der Waals surface area (Å²) in [6.07, 6.45) is -0.321. The molecule has 0 spiro atoms. The summed E-state index contributed by atoms with van der Waals surface area (Å²) in [6.45, 7) is 3.02. The number of esters is 1. The van der Waals surface area contributed by atoms with Gasteiger partial charge in [0.1, 0.15) is 6.54 Å². The monoisotopic (exact) mass is 411 g/mol. The van der Waals surface area contributed by atoms with Crippen LogP contribution >= 0.6 is 15.9 Å². The fraction of sp³-hybridized carbons (Fsp3) is 0.235. The third-order valence-corrected chi connectivity index (χ3v) is 5.54. The SMILES string of the molecule is CC(C)OC(=O)CN(c1ccccc1Br)S(=O)(=O)c1ccccc1. The Hall–Kier alpha value is -1.86. The molecular weight excluding hydrogens is 394 g/mol. The van der Waals surface area contributed by atoms with E-state index < -0.39 is 22.5 Å². The molecule has 0 saturated heterocycles. The van der Waals surface area contributed by atoms with Crippen LogP contribution in [0.2, 0.25) is 0 Å². The van der Waals surface area contributed by atoms with E-state index in [1.165, 1.54) is 12.1 Å². The van der Waals surface area contributed by atoms with E-state index in [0.717, 1.165) is 4.31 Å². The van der Waals surface area contributed by atoms with E-state index >= 15 is 0 Å². The van der Waals surface area contributed by atoms with Gasteiger partial charge in [0.2, 0.25) is 0 Å². The summed E-state index contributed by atoms with van der Waals surface area (Å²) in [5.74, 6) is -0.611. The smallest absolute Gasteiger partial charge is 0.327 e. The van der Waals surface area contributed by atoms with E-state index in [2.05, 4.69) is 15.9 Å². The molecule has 0 aliphatic rings. The summed E-state index contributed by atoms with van der Waals surface area (Å²) >= 11 is 3.34. The van der Waals surface area contributed by atoms with Gasteiger partial charge < -0.3 is 4.74 Å². The highest BCUT2D eigenvalue weighted by Crippen LogP contribution is 2.30. The Labute approximate surface area is 150 Å². The number of para-hydroxylation sites is 1. The topological polar surface area (TPSA) is 63.7 Å². The molecule has 0 fully saturated rings. The molecule has 0 saturated carbocycles. The van der Waals surface area contributed by atoms with Gasteiger partial charge in [-0.3, -0.25) is 9.10 Å². The number of sulfonamides is 1. The van der Waals surface area contributed by atoms with Crippen LogP contribution in [-0.4, -0.2) is 27.0 Å². The second-order valence-electron chi connectivity index (χ2n) is 5.31. The van der Waals surface area contributed by atoms with Crippen molar-refractivity contribution in [2.75, 3.05) is 10.8 Å². The van der Waals surface area contributed by atoms with Gasteiger partial charge in [-0.2, -0.15) is 0 Å². The lowest BCUT2D eigenvalue weighted by atomic mass is 10.3. The number of rotatable bonds is 6. The highest BCUT2D eigenvalue weighted by atomic mass is 79.9. The van der Waals surface area contributed by atoms with Crippen molar-refractivity contribution in [2.45, 2.75) is 24.8 Å². The Kier molecular flexibility index (Phi) is 6.01. The van der Waals surface area contributed by atoms with E-state index in [0.29, 0.717) is 10.2 Å². The van der Waals surface area contributed by atoms with Gasteiger partial charge in [0.05, 0.1) is 16.7 Å². The van der Waals surface area contributed by atoms with Crippen molar-refractivity contribution in [3.05, 3.63) is 59.1 Å². The summed E-state index contributed by atoms with van der Waals surface area (Å²) < 4.78 is 32.7. The van der Waals surface area contributed by atoms with Crippen molar-refractivity contribution in [3.8, 4) is 0 Å². The molecule has 0 aliphatic carbocycles. The fourth-order valence-electron chi connectivity index (χ4n) is 2.09. The Balaban J connectivity index is 2.47. The van der Waals surface area contributed by atoms with Gasteiger partial charge in [0.15, 0.2) is 0 Å². The molecule has 0 heterocycles. The zero-order valence-corrected chi connectivity index (χ0v) is 15.7. The first-order chi connectivity index (χ1) is 11.3. The second-order valence-corrected chi connectivity index (χ2v) is 8.03. The number of anilines is 1. The van der Waals surface area contributed by atoms with Gasteiger partial charge in [-0.15, -0.1) is 0 Å². The Bertz CT molecular complexity index is 806. The van der Waals surface area contributed by atoms with Crippen molar-refractivity contribution in [1.29, 1.82) is 0 Å². The highest BCUT2D eigenvalue weighted by molar-refractivity contribution is 9.10. The van der Waals surface area contributed by atoms with Crippen LogP contribution in [0.25, 0.3) is 0 Å². The molecule has 2 aromatic rings. The molecular formula is C17H18BrNO4S. The molecule has 7 heteroatoms. The minimum atomic E-state index is -3.90. The summed E-state index contributed by atoms with van der Waals surface area (Å²) in [6, 6.07) is 14.8. The maximum atomic E-state index is 13.0. The van der Waals surface area contributed by atoms with Crippen molar-refractivity contribution in [1.82, 2.24) is 0 Å². The predicted octanol–water partition coefficient (Wildman–Crippen LogP) is 3.60. The first-order valence-corrected chi connectivity index (χ1v) is 9.57. The second kappa shape index (κ2) is 7.81. The number of hydrogen-bond acceptors (Lipinski definition) is 4. The molecule has 128 valence electrons. The van der Waals surface area contributed by atoms with Crippen molar-refractivity contribution in [2.24, 2.45) is 0 Å². The molecule has 5 nitrogen and oxygen atoms in total. The van der Waals surface area contributed by atoms with Crippen LogP contribution in [0.3, 0.4) is 0 Å². The lowest BCUT2D eigenvalue weighted by molar-refractivity contribution is -0.145. The quantitative estimate of drug-likeness (QED) is 0.681. The van der Waals surface area contributed by atoms with Crippen molar-refractivity contribution < 1.29 is 17.9 Å². The first kappa shape index (κ1) is 18.5. The highest BCUT2D eigenvalue weighted by Gasteiger charge is 2.29. The minimum absolute atomic E-state index is 0.109. The Morgan fingerprint density at radius 2 is 1.67 bits per heavy atom. The van der Waals surface area contributed by atoms with E-state index in [1.54, 1.807) is 56.3 Å². The molecule has 2 rings (SSSR count). The van der Waals surface area contributed by atoms with E-state index in [-0.39, 0.29) is 11.0 Å². The predicted molar refractivity (Wildman–Crippen MR) is 96.3 cm³/mol. The van der Waals surface area contributed by atoms with Gasteiger partial charge in [0, 0.05) is 4.47 Å². The minimum Gasteiger partial charge on any atom is -0.462 e. The first-order valence-electron chi connectivity index (χ1n) is 7.34. The molecule has 2 aromatic carbocycles. The number of benzene rings is 2. The normalized spacial score (nSPS) is 11.3.